The van der Waals surface area contributed by atoms with Gasteiger partial charge in [0, 0.05) is 6.07 Å². The van der Waals surface area contributed by atoms with E-state index in [1.807, 2.05) is 0 Å². The third-order valence-corrected chi connectivity index (χ3v) is 2.50. The summed E-state index contributed by atoms with van der Waals surface area (Å²) in [7, 11) is 6.05. The summed E-state index contributed by atoms with van der Waals surface area (Å²) in [4.78, 5) is 20.6. The molecule has 0 atom stereocenters. The molecular formula is C7H4ClNO4S. The first-order valence-electron chi connectivity index (χ1n) is 3.36. The van der Waals surface area contributed by atoms with Crippen LogP contribution in [0, 0.1) is 10.1 Å². The Balaban J connectivity index is 3.27. The summed E-state index contributed by atoms with van der Waals surface area (Å²) in [6.45, 7) is 0. The molecule has 0 heterocycles. The molecule has 0 aliphatic rings. The molecule has 5 nitrogen and oxygen atoms in total. The second-order valence-corrected chi connectivity index (χ2v) is 3.38. The van der Waals surface area contributed by atoms with Crippen LogP contribution in [0.25, 0.3) is 0 Å². The van der Waals surface area contributed by atoms with Gasteiger partial charge in [-0.3, -0.25) is 10.1 Å². The molecule has 0 aliphatic heterocycles. The van der Waals surface area contributed by atoms with E-state index in [1.54, 1.807) is 0 Å². The monoisotopic (exact) mass is 239 g/mol. The minimum Gasteiger partial charge on any atom is -0.478 e. The van der Waals surface area contributed by atoms with Gasteiger partial charge in [-0.05, 0) is 33.8 Å². The molecule has 0 spiro atoms. The van der Waals surface area contributed by atoms with Crippen molar-refractivity contribution in [3.8, 4) is 0 Å². The molecule has 0 saturated heterocycles. The van der Waals surface area contributed by atoms with Crippen LogP contribution in [0.1, 0.15) is 10.4 Å². The van der Waals surface area contributed by atoms with Crippen LogP contribution in [0.5, 0.6) is 0 Å². The molecule has 74 valence electrons. The number of carboxylic acid groups (broad SMARTS) is 1. The lowest BCUT2D eigenvalue weighted by Crippen LogP contribution is -1.98. The number of benzene rings is 1. The Hall–Kier alpha value is -1.27. The highest BCUT2D eigenvalue weighted by Crippen LogP contribution is 2.32. The Labute approximate surface area is 87.3 Å². The number of nitro groups is 1. The van der Waals surface area contributed by atoms with Crippen LogP contribution in [-0.4, -0.2) is 16.0 Å². The molecule has 0 saturated carbocycles. The minimum absolute atomic E-state index is 0.133. The SMILES string of the molecule is O=C(O)[13c]1[13cH][13cH][13c](SCl)[13c]([N+](=O)[O-])[13cH]1. The van der Waals surface area contributed by atoms with E-state index in [2.05, 4.69) is 0 Å². The van der Waals surface area contributed by atoms with Crippen LogP contribution in [0.4, 0.5) is 5.69 Å². The molecule has 0 bridgehead atoms. The quantitative estimate of drug-likeness (QED) is 0.648. The van der Waals surface area contributed by atoms with Gasteiger partial charge in [0.05, 0.1) is 10.5 Å². The van der Waals surface area contributed by atoms with Crippen molar-refractivity contribution in [1.29, 1.82) is 0 Å². The molecule has 0 aliphatic carbocycles. The second kappa shape index (κ2) is 4.30. The van der Waals surface area contributed by atoms with Gasteiger partial charge in [0.2, 0.25) is 0 Å². The van der Waals surface area contributed by atoms with E-state index in [9.17, 15) is 14.9 Å². The molecule has 14 heavy (non-hydrogen) atoms. The summed E-state index contributed by atoms with van der Waals surface area (Å²) in [6.07, 6.45) is 0. The number of aromatic carboxylic acids is 1. The maximum Gasteiger partial charge on any atom is 0.335 e. The second-order valence-electron chi connectivity index (χ2n) is 2.32. The van der Waals surface area contributed by atoms with Gasteiger partial charge in [0.15, 0.2) is 0 Å². The summed E-state index contributed by atoms with van der Waals surface area (Å²) in [5.41, 5.74) is -0.434. The van der Waals surface area contributed by atoms with E-state index in [-0.39, 0.29) is 16.1 Å². The van der Waals surface area contributed by atoms with E-state index in [0.29, 0.717) is 11.0 Å². The fourth-order valence-electron chi connectivity index (χ4n) is 0.858. The van der Waals surface area contributed by atoms with Crippen molar-refractivity contribution in [2.75, 3.05) is 0 Å². The zero-order chi connectivity index (χ0) is 10.7. The van der Waals surface area contributed by atoms with Crippen LogP contribution in [0.3, 0.4) is 0 Å². The van der Waals surface area contributed by atoms with Crippen LogP contribution >= 0.6 is 21.7 Å². The van der Waals surface area contributed by atoms with Gasteiger partial charge in [-0.25, -0.2) is 4.79 Å². The highest BCUT2D eigenvalue weighted by molar-refractivity contribution is 8.21. The van der Waals surface area contributed by atoms with Crippen molar-refractivity contribution in [3.05, 3.63) is 33.9 Å². The smallest absolute Gasteiger partial charge is 0.335 e. The minimum atomic E-state index is -1.21. The molecule has 0 radical (unpaired) electrons. The number of carbonyl (C=O) groups is 1. The van der Waals surface area contributed by atoms with Crippen LogP contribution < -0.4 is 0 Å². The first kappa shape index (κ1) is 10.8. The van der Waals surface area contributed by atoms with Gasteiger partial charge < -0.3 is 5.11 Å². The fourth-order valence-corrected chi connectivity index (χ4v) is 1.58. The van der Waals surface area contributed by atoms with Crippen molar-refractivity contribution in [3.63, 3.8) is 0 Å². The Bertz CT molecular complexity index is 395. The number of nitrogens with zero attached hydrogens (tertiary/aromatic N) is 1. The van der Waals surface area contributed by atoms with Crippen molar-refractivity contribution in [2.45, 2.75) is 4.90 Å². The molecule has 0 fully saturated rings. The molecular weight excluding hydrogens is 236 g/mol. The average Bonchev–Trinajstić information content (AvgIpc) is 2.16. The van der Waals surface area contributed by atoms with E-state index in [4.69, 9.17) is 15.8 Å². The predicted octanol–water partition coefficient (Wildman–Crippen LogP) is 2.54. The van der Waals surface area contributed by atoms with E-state index >= 15 is 0 Å². The lowest BCUT2D eigenvalue weighted by atomic mass is 10.9. The standard InChI is InChI=1S/C7H4ClNO4S/c8-14-6-2-1-4(7(10)11)3-5(6)9(12)13/h1-3H,(H,10,11)/i1+1,2+1,3+1,4+1,5+1,6+1. The lowest BCUT2D eigenvalue weighted by molar-refractivity contribution is -0.387. The molecule has 7 heteroatoms. The Morgan fingerprint density at radius 3 is 2.64 bits per heavy atom. The molecule has 0 amide bonds. The van der Waals surface area contributed by atoms with E-state index in [0.717, 1.165) is 6.07 Å². The number of halogens is 1. The third kappa shape index (κ3) is 2.15. The average molecular weight is 240 g/mol. The molecule has 1 aromatic carbocycles. The first-order valence-corrected chi connectivity index (χ1v) is 5.01. The molecule has 1 aromatic rings. The fraction of sp³-hybridized carbons (Fsp3) is 0. The predicted molar refractivity (Wildman–Crippen MR) is 51.8 cm³/mol. The summed E-state index contributed by atoms with van der Waals surface area (Å²) < 4.78 is 0. The van der Waals surface area contributed by atoms with Gasteiger partial charge in [-0.2, -0.15) is 0 Å². The molecule has 0 unspecified atom stereocenters. The highest BCUT2D eigenvalue weighted by Gasteiger charge is 2.16. The number of carboxylic acids is 1. The number of hydrogen-bond donors (Lipinski definition) is 1. The van der Waals surface area contributed by atoms with Crippen molar-refractivity contribution >= 4 is 33.3 Å². The maximum absolute atomic E-state index is 10.5. The third-order valence-electron chi connectivity index (χ3n) is 1.49. The number of rotatable bonds is 3. The van der Waals surface area contributed by atoms with Gasteiger partial charge >= 0.3 is 5.97 Å². The molecule has 0 aromatic heterocycles. The lowest BCUT2D eigenvalue weighted by Gasteiger charge is -1.98. The largest absolute Gasteiger partial charge is 0.478 e. The van der Waals surface area contributed by atoms with Gasteiger partial charge in [-0.1, -0.05) is 0 Å². The number of hydrogen-bond acceptors (Lipinski definition) is 4. The van der Waals surface area contributed by atoms with E-state index < -0.39 is 10.9 Å². The summed E-state index contributed by atoms with van der Waals surface area (Å²) >= 11 is 0. The zero-order valence-corrected chi connectivity index (χ0v) is 8.21. The highest BCUT2D eigenvalue weighted by atomic mass is 35.7. The van der Waals surface area contributed by atoms with Crippen LogP contribution in [0.15, 0.2) is 23.1 Å². The van der Waals surface area contributed by atoms with Gasteiger partial charge in [0.1, 0.15) is 4.90 Å². The Morgan fingerprint density at radius 1 is 1.57 bits per heavy atom. The van der Waals surface area contributed by atoms with Crippen molar-refractivity contribution in [2.24, 2.45) is 0 Å². The normalized spacial score (nSPS) is 9.79. The maximum atomic E-state index is 10.5. The van der Waals surface area contributed by atoms with E-state index in [1.165, 1.54) is 12.1 Å². The van der Waals surface area contributed by atoms with Crippen LogP contribution in [0.2, 0.25) is 0 Å². The van der Waals surface area contributed by atoms with Crippen LogP contribution in [-0.2, 0) is 0 Å². The molecule has 1 N–H and O–H groups in total. The zero-order valence-electron chi connectivity index (χ0n) is 6.64. The van der Waals surface area contributed by atoms with Gasteiger partial charge in [0.25, 0.3) is 5.69 Å². The Morgan fingerprint density at radius 2 is 2.21 bits per heavy atom. The van der Waals surface area contributed by atoms with Gasteiger partial charge in [-0.15, -0.1) is 0 Å². The topological polar surface area (TPSA) is 80.4 Å². The summed E-state index contributed by atoms with van der Waals surface area (Å²) in [5.74, 6) is -1.21. The first-order chi connectivity index (χ1) is 6.56. The molecule has 1 rings (SSSR count). The number of nitro benzene ring substituents is 1. The summed E-state index contributed by atoms with van der Waals surface area (Å²) in [5, 5.41) is 19.1. The summed E-state index contributed by atoms with van der Waals surface area (Å²) in [6, 6.07) is 3.55. The van der Waals surface area contributed by atoms with Crippen molar-refractivity contribution < 1.29 is 14.8 Å². The Kier molecular flexibility index (Phi) is 3.32. The van der Waals surface area contributed by atoms with Crippen molar-refractivity contribution in [1.82, 2.24) is 0 Å².